The lowest BCUT2D eigenvalue weighted by Gasteiger charge is -2.06. The molecule has 0 saturated heterocycles. The minimum atomic E-state index is -3.61. The fourth-order valence-corrected chi connectivity index (χ4v) is 2.53. The lowest BCUT2D eigenvalue weighted by Crippen LogP contribution is -2.28. The van der Waals surface area contributed by atoms with E-state index in [1.165, 1.54) is 12.1 Å². The summed E-state index contributed by atoms with van der Waals surface area (Å²) in [4.78, 5) is 11.7. The van der Waals surface area contributed by atoms with Crippen LogP contribution in [-0.4, -0.2) is 41.5 Å². The number of aryl methyl sites for hydroxylation is 1. The van der Waals surface area contributed by atoms with Crippen molar-refractivity contribution in [3.8, 4) is 0 Å². The van der Waals surface area contributed by atoms with Gasteiger partial charge in [0, 0.05) is 13.0 Å². The van der Waals surface area contributed by atoms with Crippen LogP contribution in [0.2, 0.25) is 0 Å². The van der Waals surface area contributed by atoms with Gasteiger partial charge in [0.05, 0.1) is 4.90 Å². The number of nitrogens with one attached hydrogen (secondary N) is 3. The molecule has 1 heterocycles. The van der Waals surface area contributed by atoms with Crippen molar-refractivity contribution >= 4 is 21.9 Å². The Morgan fingerprint density at radius 2 is 2.00 bits per heavy atom. The van der Waals surface area contributed by atoms with E-state index in [0.717, 1.165) is 5.56 Å². The Kier molecular flexibility index (Phi) is 4.60. The van der Waals surface area contributed by atoms with E-state index in [4.69, 9.17) is 0 Å². The van der Waals surface area contributed by atoms with Crippen molar-refractivity contribution in [2.75, 3.05) is 11.9 Å². The topological polar surface area (TPSA) is 130 Å². The molecule has 2 rings (SSSR count). The average Bonchev–Trinajstić information content (AvgIpc) is 2.91. The second kappa shape index (κ2) is 6.41. The molecule has 9 nitrogen and oxygen atoms in total. The molecule has 0 saturated carbocycles. The quantitative estimate of drug-likeness (QED) is 0.678. The number of carbonyl (C=O) groups is 1. The number of aromatic amines is 1. The van der Waals surface area contributed by atoms with E-state index < -0.39 is 15.9 Å². The predicted molar refractivity (Wildman–Crippen MR) is 73.8 cm³/mol. The fraction of sp³-hybridized carbons (Fsp3) is 0.273. The van der Waals surface area contributed by atoms with Gasteiger partial charge in [-0.1, -0.05) is 22.8 Å². The molecule has 0 aliphatic carbocycles. The number of benzene rings is 1. The van der Waals surface area contributed by atoms with Gasteiger partial charge in [-0.2, -0.15) is 5.21 Å². The maximum Gasteiger partial charge on any atom is 0.269 e. The number of sulfonamides is 1. The van der Waals surface area contributed by atoms with E-state index in [-0.39, 0.29) is 23.8 Å². The molecule has 0 aliphatic heterocycles. The molecular formula is C11H14N6O3S. The Bertz CT molecular complexity index is 696. The number of nitrogens with zero attached hydrogens (tertiary/aromatic N) is 3. The summed E-state index contributed by atoms with van der Waals surface area (Å²) >= 11 is 0. The minimum Gasteiger partial charge on any atom is -0.292 e. The molecule has 0 atom stereocenters. The predicted octanol–water partition coefficient (Wildman–Crippen LogP) is -0.185. The van der Waals surface area contributed by atoms with Gasteiger partial charge in [0.1, 0.15) is 0 Å². The Labute approximate surface area is 121 Å². The van der Waals surface area contributed by atoms with Gasteiger partial charge in [0.25, 0.3) is 5.95 Å². The molecule has 0 bridgehead atoms. The van der Waals surface area contributed by atoms with Crippen LogP contribution in [0.4, 0.5) is 5.95 Å². The van der Waals surface area contributed by atoms with Crippen LogP contribution in [0.15, 0.2) is 29.2 Å². The largest absolute Gasteiger partial charge is 0.292 e. The highest BCUT2D eigenvalue weighted by molar-refractivity contribution is 7.89. The van der Waals surface area contributed by atoms with E-state index in [1.807, 2.05) is 6.92 Å². The van der Waals surface area contributed by atoms with Crippen molar-refractivity contribution in [3.05, 3.63) is 29.8 Å². The molecule has 1 aromatic carbocycles. The van der Waals surface area contributed by atoms with Gasteiger partial charge in [-0.05, 0) is 24.3 Å². The number of hydrogen-bond donors (Lipinski definition) is 3. The van der Waals surface area contributed by atoms with Crippen LogP contribution >= 0.6 is 0 Å². The zero-order chi connectivity index (χ0) is 15.3. The summed E-state index contributed by atoms with van der Waals surface area (Å²) in [5, 5.41) is 14.9. The number of anilines is 1. The van der Waals surface area contributed by atoms with E-state index in [1.54, 1.807) is 12.1 Å². The second-order valence-corrected chi connectivity index (χ2v) is 6.01. The highest BCUT2D eigenvalue weighted by atomic mass is 32.2. The highest BCUT2D eigenvalue weighted by Crippen LogP contribution is 2.09. The van der Waals surface area contributed by atoms with Crippen LogP contribution in [0.3, 0.4) is 0 Å². The summed E-state index contributed by atoms with van der Waals surface area (Å²) in [6.45, 7) is 1.84. The van der Waals surface area contributed by atoms with Gasteiger partial charge in [0.15, 0.2) is 0 Å². The Hall–Kier alpha value is -2.33. The van der Waals surface area contributed by atoms with Crippen molar-refractivity contribution in [2.45, 2.75) is 18.2 Å². The zero-order valence-corrected chi connectivity index (χ0v) is 12.0. The molecular weight excluding hydrogens is 296 g/mol. The first kappa shape index (κ1) is 15.1. The van der Waals surface area contributed by atoms with Crippen LogP contribution in [0.25, 0.3) is 0 Å². The molecule has 0 fully saturated rings. The molecule has 2 aromatic rings. The van der Waals surface area contributed by atoms with Crippen molar-refractivity contribution in [2.24, 2.45) is 0 Å². The van der Waals surface area contributed by atoms with Gasteiger partial charge >= 0.3 is 0 Å². The van der Waals surface area contributed by atoms with Crippen LogP contribution in [0.1, 0.15) is 12.0 Å². The molecule has 10 heteroatoms. The van der Waals surface area contributed by atoms with Crippen LogP contribution in [0, 0.1) is 6.92 Å². The van der Waals surface area contributed by atoms with Gasteiger partial charge in [0.2, 0.25) is 15.9 Å². The van der Waals surface area contributed by atoms with E-state index in [9.17, 15) is 13.2 Å². The third kappa shape index (κ3) is 4.33. The molecule has 112 valence electrons. The van der Waals surface area contributed by atoms with Gasteiger partial charge in [-0.15, -0.1) is 5.10 Å². The van der Waals surface area contributed by atoms with Gasteiger partial charge in [-0.25, -0.2) is 13.1 Å². The number of aromatic nitrogens is 4. The van der Waals surface area contributed by atoms with Crippen LogP contribution < -0.4 is 10.0 Å². The minimum absolute atomic E-state index is 0.0279. The SMILES string of the molecule is Cc1ccc(S(=O)(=O)NCCC(=O)Nc2nn[nH]n2)cc1. The first-order valence-corrected chi connectivity index (χ1v) is 7.55. The Morgan fingerprint density at radius 1 is 1.29 bits per heavy atom. The number of carbonyl (C=O) groups excluding carboxylic acids is 1. The molecule has 21 heavy (non-hydrogen) atoms. The van der Waals surface area contributed by atoms with Crippen molar-refractivity contribution in [3.63, 3.8) is 0 Å². The summed E-state index contributed by atoms with van der Waals surface area (Å²) in [7, 11) is -3.61. The lowest BCUT2D eigenvalue weighted by atomic mass is 10.2. The number of H-pyrrole nitrogens is 1. The zero-order valence-electron chi connectivity index (χ0n) is 11.2. The fourth-order valence-electron chi connectivity index (χ4n) is 1.50. The van der Waals surface area contributed by atoms with Gasteiger partial charge < -0.3 is 0 Å². The third-order valence-corrected chi connectivity index (χ3v) is 4.05. The molecule has 0 radical (unpaired) electrons. The summed E-state index contributed by atoms with van der Waals surface area (Å²) in [5.74, 6) is -0.371. The second-order valence-electron chi connectivity index (χ2n) is 4.24. The molecule has 0 spiro atoms. The smallest absolute Gasteiger partial charge is 0.269 e. The maximum atomic E-state index is 12.0. The van der Waals surface area contributed by atoms with E-state index in [0.29, 0.717) is 0 Å². The number of amides is 1. The summed E-state index contributed by atoms with van der Waals surface area (Å²) < 4.78 is 26.3. The highest BCUT2D eigenvalue weighted by Gasteiger charge is 2.14. The molecule has 1 amide bonds. The van der Waals surface area contributed by atoms with Crippen molar-refractivity contribution < 1.29 is 13.2 Å². The van der Waals surface area contributed by atoms with E-state index in [2.05, 4.69) is 30.7 Å². The number of rotatable bonds is 6. The number of hydrogen-bond acceptors (Lipinski definition) is 6. The molecule has 3 N–H and O–H groups in total. The summed E-state index contributed by atoms with van der Waals surface area (Å²) in [6, 6.07) is 6.43. The lowest BCUT2D eigenvalue weighted by molar-refractivity contribution is -0.116. The Morgan fingerprint density at radius 3 is 2.62 bits per heavy atom. The van der Waals surface area contributed by atoms with E-state index >= 15 is 0 Å². The first-order chi connectivity index (χ1) is 9.97. The standard InChI is InChI=1S/C11H14N6O3S/c1-8-2-4-9(5-3-8)21(19,20)12-7-6-10(18)13-11-14-16-17-15-11/h2-5,12H,6-7H2,1H3,(H2,13,14,15,16,17,18). The molecule has 0 aliphatic rings. The maximum absolute atomic E-state index is 12.0. The summed E-state index contributed by atoms with van der Waals surface area (Å²) in [6.07, 6.45) is -0.0420. The van der Waals surface area contributed by atoms with Crippen LogP contribution in [-0.2, 0) is 14.8 Å². The molecule has 0 unspecified atom stereocenters. The van der Waals surface area contributed by atoms with Crippen molar-refractivity contribution in [1.29, 1.82) is 0 Å². The van der Waals surface area contributed by atoms with Crippen LogP contribution in [0.5, 0.6) is 0 Å². The average molecular weight is 310 g/mol. The summed E-state index contributed by atoms with van der Waals surface area (Å²) in [5.41, 5.74) is 0.966. The first-order valence-electron chi connectivity index (χ1n) is 6.07. The molecule has 1 aromatic heterocycles. The normalized spacial score (nSPS) is 11.3. The monoisotopic (exact) mass is 310 g/mol. The Balaban J connectivity index is 1.84. The third-order valence-electron chi connectivity index (χ3n) is 2.57. The van der Waals surface area contributed by atoms with Gasteiger partial charge in [-0.3, -0.25) is 10.1 Å². The van der Waals surface area contributed by atoms with Crippen molar-refractivity contribution in [1.82, 2.24) is 25.3 Å². The number of tetrazole rings is 1.